The quantitative estimate of drug-likeness (QED) is 0.832. The molecule has 2 N–H and O–H groups in total. The Balaban J connectivity index is 3.16. The van der Waals surface area contributed by atoms with Gasteiger partial charge >= 0.3 is 0 Å². The van der Waals surface area contributed by atoms with Crippen molar-refractivity contribution >= 4 is 27.3 Å². The third kappa shape index (κ3) is 3.11. The maximum atomic E-state index is 13.1. The highest BCUT2D eigenvalue weighted by Gasteiger charge is 2.24. The minimum Gasteiger partial charge on any atom is -0.396 e. The normalized spacial score (nSPS) is 12.1. The number of nitrogen functional groups attached to an aromatic ring is 1. The highest BCUT2D eigenvalue weighted by molar-refractivity contribution is 7.89. The monoisotopic (exact) mass is 296 g/mol. The highest BCUT2D eigenvalue weighted by Crippen LogP contribution is 2.28. The summed E-state index contributed by atoms with van der Waals surface area (Å²) in [6, 6.07) is 1.89. The number of ether oxygens (including phenoxy) is 1. The summed E-state index contributed by atoms with van der Waals surface area (Å²) in [7, 11) is -0.966. The van der Waals surface area contributed by atoms with Crippen LogP contribution in [0, 0.1) is 5.82 Å². The summed E-state index contributed by atoms with van der Waals surface area (Å²) in [6.45, 7) is 0.399. The third-order valence-corrected chi connectivity index (χ3v) is 4.67. The molecule has 1 aromatic carbocycles. The topological polar surface area (TPSA) is 72.6 Å². The van der Waals surface area contributed by atoms with Gasteiger partial charge in [-0.3, -0.25) is 0 Å². The zero-order chi connectivity index (χ0) is 13.9. The van der Waals surface area contributed by atoms with Gasteiger partial charge in [0.2, 0.25) is 10.0 Å². The van der Waals surface area contributed by atoms with Crippen LogP contribution in [0.4, 0.5) is 10.1 Å². The first kappa shape index (κ1) is 15.2. The van der Waals surface area contributed by atoms with E-state index in [0.29, 0.717) is 0 Å². The molecule has 0 radical (unpaired) electrons. The van der Waals surface area contributed by atoms with E-state index in [1.807, 2.05) is 0 Å². The first-order chi connectivity index (χ1) is 8.30. The van der Waals surface area contributed by atoms with Crippen LogP contribution in [0.25, 0.3) is 0 Å². The average Bonchev–Trinajstić information content (AvgIpc) is 2.30. The van der Waals surface area contributed by atoms with Crippen molar-refractivity contribution < 1.29 is 17.5 Å². The molecule has 0 aliphatic rings. The molecule has 0 aliphatic carbocycles. The number of benzene rings is 1. The van der Waals surface area contributed by atoms with E-state index in [4.69, 9.17) is 22.1 Å². The minimum absolute atomic E-state index is 0.159. The molecule has 5 nitrogen and oxygen atoms in total. The van der Waals surface area contributed by atoms with Gasteiger partial charge in [0.25, 0.3) is 0 Å². The van der Waals surface area contributed by atoms with Gasteiger partial charge in [0, 0.05) is 20.7 Å². The number of halogens is 2. The maximum Gasteiger partial charge on any atom is 0.244 e. The molecule has 0 atom stereocenters. The SMILES string of the molecule is COCCN(C)S(=O)(=O)c1cc(N)c(F)cc1Cl. The Kier molecular flexibility index (Phi) is 4.92. The van der Waals surface area contributed by atoms with E-state index in [1.54, 1.807) is 0 Å². The molecule has 0 saturated carbocycles. The lowest BCUT2D eigenvalue weighted by Crippen LogP contribution is -2.30. The lowest BCUT2D eigenvalue weighted by Gasteiger charge is -2.17. The molecule has 0 aliphatic heterocycles. The fourth-order valence-electron chi connectivity index (χ4n) is 1.25. The molecular weight excluding hydrogens is 283 g/mol. The van der Waals surface area contributed by atoms with E-state index in [2.05, 4.69) is 0 Å². The van der Waals surface area contributed by atoms with Crippen LogP contribution in [0.15, 0.2) is 17.0 Å². The van der Waals surface area contributed by atoms with E-state index in [1.165, 1.54) is 14.2 Å². The molecule has 1 aromatic rings. The predicted octanol–water partition coefficient (Wildman–Crippen LogP) is 1.33. The Morgan fingerprint density at radius 3 is 2.67 bits per heavy atom. The fourth-order valence-corrected chi connectivity index (χ4v) is 2.93. The molecule has 0 saturated heterocycles. The second kappa shape index (κ2) is 5.83. The molecule has 0 aromatic heterocycles. The highest BCUT2D eigenvalue weighted by atomic mass is 35.5. The van der Waals surface area contributed by atoms with Crippen molar-refractivity contribution in [2.75, 3.05) is 33.0 Å². The number of methoxy groups -OCH3 is 1. The number of likely N-dealkylation sites (N-methyl/N-ethyl adjacent to an activating group) is 1. The number of anilines is 1. The molecule has 0 unspecified atom stereocenters. The predicted molar refractivity (Wildman–Crippen MR) is 67.5 cm³/mol. The van der Waals surface area contributed by atoms with Gasteiger partial charge < -0.3 is 10.5 Å². The maximum absolute atomic E-state index is 13.1. The summed E-state index contributed by atoms with van der Waals surface area (Å²) in [5.41, 5.74) is 5.08. The Labute approximate surface area is 110 Å². The molecule has 18 heavy (non-hydrogen) atoms. The summed E-state index contributed by atoms with van der Waals surface area (Å²) < 4.78 is 43.2. The summed E-state index contributed by atoms with van der Waals surface area (Å²) >= 11 is 5.73. The Morgan fingerprint density at radius 2 is 2.11 bits per heavy atom. The van der Waals surface area contributed by atoms with E-state index < -0.39 is 15.8 Å². The van der Waals surface area contributed by atoms with E-state index >= 15 is 0 Å². The second-order valence-corrected chi connectivity index (χ2v) is 6.04. The van der Waals surface area contributed by atoms with Gasteiger partial charge in [0.05, 0.1) is 17.3 Å². The van der Waals surface area contributed by atoms with Crippen molar-refractivity contribution in [3.63, 3.8) is 0 Å². The minimum atomic E-state index is -3.81. The second-order valence-electron chi connectivity index (χ2n) is 3.62. The molecule has 102 valence electrons. The lowest BCUT2D eigenvalue weighted by molar-refractivity contribution is 0.185. The zero-order valence-electron chi connectivity index (χ0n) is 9.98. The number of hydrogen-bond acceptors (Lipinski definition) is 4. The van der Waals surface area contributed by atoms with Gasteiger partial charge in [-0.1, -0.05) is 11.6 Å². The van der Waals surface area contributed by atoms with Crippen molar-refractivity contribution in [3.05, 3.63) is 23.0 Å². The molecular formula is C10H14ClFN2O3S. The van der Waals surface area contributed by atoms with Crippen molar-refractivity contribution in [1.82, 2.24) is 4.31 Å². The van der Waals surface area contributed by atoms with Crippen LogP contribution in [0.5, 0.6) is 0 Å². The Morgan fingerprint density at radius 1 is 1.50 bits per heavy atom. The Hall–Kier alpha value is -0.890. The summed E-state index contributed by atoms with van der Waals surface area (Å²) in [6.07, 6.45) is 0. The van der Waals surface area contributed by atoms with Crippen LogP contribution in [-0.2, 0) is 14.8 Å². The van der Waals surface area contributed by atoms with Gasteiger partial charge in [0.1, 0.15) is 10.7 Å². The molecule has 0 heterocycles. The van der Waals surface area contributed by atoms with Crippen LogP contribution in [-0.4, -0.2) is 40.0 Å². The average molecular weight is 297 g/mol. The van der Waals surface area contributed by atoms with Crippen LogP contribution in [0.2, 0.25) is 5.02 Å². The van der Waals surface area contributed by atoms with Gasteiger partial charge in [0.15, 0.2) is 0 Å². The first-order valence-electron chi connectivity index (χ1n) is 5.00. The largest absolute Gasteiger partial charge is 0.396 e. The summed E-state index contributed by atoms with van der Waals surface area (Å²) in [4.78, 5) is -0.221. The summed E-state index contributed by atoms with van der Waals surface area (Å²) in [5.74, 6) is -0.751. The molecule has 1 rings (SSSR count). The van der Waals surface area contributed by atoms with Crippen LogP contribution in [0.1, 0.15) is 0 Å². The summed E-state index contributed by atoms with van der Waals surface area (Å²) in [5, 5.41) is -0.203. The van der Waals surface area contributed by atoms with E-state index in [0.717, 1.165) is 16.4 Å². The Bertz CT molecular complexity index is 536. The van der Waals surface area contributed by atoms with Gasteiger partial charge in [-0.2, -0.15) is 4.31 Å². The number of nitrogens with zero attached hydrogens (tertiary/aromatic N) is 1. The third-order valence-electron chi connectivity index (χ3n) is 2.35. The molecule has 0 fully saturated rings. The molecule has 8 heteroatoms. The molecule has 0 spiro atoms. The number of rotatable bonds is 5. The van der Waals surface area contributed by atoms with Crippen molar-refractivity contribution in [2.45, 2.75) is 4.90 Å². The standard InChI is InChI=1S/C10H14ClFN2O3S/c1-14(3-4-17-2)18(15,16)10-6-9(13)8(12)5-7(10)11/h5-6H,3-4,13H2,1-2H3. The van der Waals surface area contributed by atoms with Gasteiger partial charge in [-0.05, 0) is 12.1 Å². The van der Waals surface area contributed by atoms with E-state index in [9.17, 15) is 12.8 Å². The molecule has 0 amide bonds. The fraction of sp³-hybridized carbons (Fsp3) is 0.400. The number of nitrogens with two attached hydrogens (primary N) is 1. The van der Waals surface area contributed by atoms with Crippen molar-refractivity contribution in [3.8, 4) is 0 Å². The lowest BCUT2D eigenvalue weighted by atomic mass is 10.3. The van der Waals surface area contributed by atoms with Crippen molar-refractivity contribution in [1.29, 1.82) is 0 Å². The number of hydrogen-bond donors (Lipinski definition) is 1. The first-order valence-corrected chi connectivity index (χ1v) is 6.82. The van der Waals surface area contributed by atoms with Crippen LogP contribution < -0.4 is 5.73 Å². The number of sulfonamides is 1. The smallest absolute Gasteiger partial charge is 0.244 e. The van der Waals surface area contributed by atoms with E-state index in [-0.39, 0.29) is 28.8 Å². The molecule has 0 bridgehead atoms. The van der Waals surface area contributed by atoms with Gasteiger partial charge in [-0.15, -0.1) is 0 Å². The van der Waals surface area contributed by atoms with Crippen LogP contribution >= 0.6 is 11.6 Å². The van der Waals surface area contributed by atoms with Gasteiger partial charge in [-0.25, -0.2) is 12.8 Å². The zero-order valence-corrected chi connectivity index (χ0v) is 11.6. The van der Waals surface area contributed by atoms with Crippen molar-refractivity contribution in [2.24, 2.45) is 0 Å². The van der Waals surface area contributed by atoms with Crippen LogP contribution in [0.3, 0.4) is 0 Å².